The van der Waals surface area contributed by atoms with Gasteiger partial charge in [0, 0.05) is 6.61 Å². The van der Waals surface area contributed by atoms with Crippen molar-refractivity contribution in [3.05, 3.63) is 12.2 Å². The van der Waals surface area contributed by atoms with E-state index in [2.05, 4.69) is 52.2 Å². The molecule has 0 aromatic heterocycles. The highest BCUT2D eigenvalue weighted by molar-refractivity contribution is 6.78. The van der Waals surface area contributed by atoms with E-state index in [9.17, 15) is 0 Å². The van der Waals surface area contributed by atoms with Gasteiger partial charge in [-0.3, -0.25) is 0 Å². The van der Waals surface area contributed by atoms with Gasteiger partial charge >= 0.3 is 17.1 Å². The topological polar surface area (TPSA) is 27.7 Å². The summed E-state index contributed by atoms with van der Waals surface area (Å²) in [6.45, 7) is 14.5. The molecule has 0 atom stereocenters. The predicted octanol–water partition coefficient (Wildman–Crippen LogP) is 7.33. The maximum Gasteiger partial charge on any atom is 0.323 e. The van der Waals surface area contributed by atoms with Crippen molar-refractivity contribution < 1.29 is 13.0 Å². The first-order valence-electron chi connectivity index (χ1n) is 11.0. The van der Waals surface area contributed by atoms with Crippen LogP contribution in [0.25, 0.3) is 0 Å². The van der Waals surface area contributed by atoms with Gasteiger partial charge in [-0.15, -0.1) is 0 Å². The van der Waals surface area contributed by atoms with Crippen molar-refractivity contribution in [2.24, 2.45) is 0 Å². The van der Waals surface area contributed by atoms with Gasteiger partial charge in [-0.25, -0.2) is 0 Å². The van der Waals surface area contributed by atoms with E-state index in [1.165, 1.54) is 64.2 Å². The zero-order valence-corrected chi connectivity index (χ0v) is 20.6. The molecule has 0 aliphatic carbocycles. The summed E-state index contributed by atoms with van der Waals surface area (Å²) in [5.41, 5.74) is 0. The Bertz CT molecular complexity index is 344. The summed E-state index contributed by atoms with van der Waals surface area (Å²) in [5, 5.41) is 0. The molecule has 0 spiro atoms. The Morgan fingerprint density at radius 1 is 0.615 bits per heavy atom. The number of hydrogen-bond acceptors (Lipinski definition) is 3. The minimum absolute atomic E-state index is 0.663. The second-order valence-electron chi connectivity index (χ2n) is 8.15. The molecular weight excluding hydrogens is 356 g/mol. The molecule has 0 aromatic carbocycles. The van der Waals surface area contributed by atoms with Crippen LogP contribution in [0.3, 0.4) is 0 Å². The third-order valence-electron chi connectivity index (χ3n) is 4.36. The van der Waals surface area contributed by atoms with E-state index in [1.54, 1.807) is 0 Å². The Morgan fingerprint density at radius 2 is 1.15 bits per heavy atom. The van der Waals surface area contributed by atoms with Gasteiger partial charge in [0.15, 0.2) is 0 Å². The first kappa shape index (κ1) is 26.1. The maximum absolute atomic E-state index is 6.30. The van der Waals surface area contributed by atoms with Crippen LogP contribution < -0.4 is 0 Å². The molecule has 5 heteroatoms. The lowest BCUT2D eigenvalue weighted by molar-refractivity contribution is 0.203. The van der Waals surface area contributed by atoms with Gasteiger partial charge in [-0.1, -0.05) is 77.4 Å². The second-order valence-corrected chi connectivity index (χ2v) is 15.1. The fraction of sp³-hybridized carbons (Fsp3) is 0.905. The average molecular weight is 403 g/mol. The van der Waals surface area contributed by atoms with E-state index in [0.29, 0.717) is 6.61 Å². The molecule has 0 N–H and O–H groups in total. The Morgan fingerprint density at radius 3 is 1.81 bits per heavy atom. The molecule has 0 unspecified atom stereocenters. The Kier molecular flexibility index (Phi) is 16.1. The summed E-state index contributed by atoms with van der Waals surface area (Å²) in [5.74, 6) is 0. The van der Waals surface area contributed by atoms with Gasteiger partial charge in [-0.05, 0) is 45.5 Å². The molecule has 0 rings (SSSR count). The molecule has 0 aliphatic heterocycles. The van der Waals surface area contributed by atoms with Crippen LogP contribution >= 0.6 is 0 Å². The lowest BCUT2D eigenvalue weighted by Gasteiger charge is -2.32. The van der Waals surface area contributed by atoms with Crippen molar-refractivity contribution in [2.75, 3.05) is 13.2 Å². The van der Waals surface area contributed by atoms with E-state index in [-0.39, 0.29) is 0 Å². The second kappa shape index (κ2) is 16.0. The molecule has 0 saturated carbocycles. The van der Waals surface area contributed by atoms with Gasteiger partial charge < -0.3 is 13.0 Å². The van der Waals surface area contributed by atoms with Crippen LogP contribution in [0.5, 0.6) is 0 Å². The number of unbranched alkanes of at least 4 members (excludes halogenated alkanes) is 9. The fourth-order valence-corrected chi connectivity index (χ4v) is 9.32. The van der Waals surface area contributed by atoms with Crippen LogP contribution in [0, 0.1) is 0 Å². The number of rotatable bonds is 18. The molecule has 0 heterocycles. The Labute approximate surface area is 166 Å². The van der Waals surface area contributed by atoms with E-state index in [0.717, 1.165) is 13.0 Å². The third kappa shape index (κ3) is 17.5. The summed E-state index contributed by atoms with van der Waals surface area (Å²) in [6, 6.07) is 0. The molecule has 0 aliphatic rings. The summed E-state index contributed by atoms with van der Waals surface area (Å²) in [4.78, 5) is 0. The molecular formula is C21H46O3Si2. The molecule has 0 amide bonds. The van der Waals surface area contributed by atoms with E-state index >= 15 is 0 Å². The molecule has 0 aromatic rings. The van der Waals surface area contributed by atoms with Crippen LogP contribution in [0.1, 0.15) is 84.5 Å². The van der Waals surface area contributed by atoms with Crippen LogP contribution in [0.15, 0.2) is 12.2 Å². The van der Waals surface area contributed by atoms with Gasteiger partial charge in [0.25, 0.3) is 0 Å². The minimum Gasteiger partial charge on any atom is -0.415 e. The van der Waals surface area contributed by atoms with Crippen molar-refractivity contribution in [1.29, 1.82) is 0 Å². The minimum atomic E-state index is -2.12. The average Bonchev–Trinajstić information content (AvgIpc) is 2.55. The predicted molar refractivity (Wildman–Crippen MR) is 119 cm³/mol. The highest BCUT2D eigenvalue weighted by atomic mass is 28.5. The fourth-order valence-electron chi connectivity index (χ4n) is 2.97. The zero-order valence-electron chi connectivity index (χ0n) is 18.6. The molecule has 3 nitrogen and oxygen atoms in total. The summed E-state index contributed by atoms with van der Waals surface area (Å²) in [6.07, 6.45) is 18.7. The number of hydrogen-bond donors (Lipinski definition) is 0. The quantitative estimate of drug-likeness (QED) is 0.136. The monoisotopic (exact) mass is 402 g/mol. The first-order chi connectivity index (χ1) is 12.3. The highest BCUT2D eigenvalue weighted by Crippen LogP contribution is 2.17. The van der Waals surface area contributed by atoms with Crippen molar-refractivity contribution >= 4 is 17.1 Å². The molecule has 26 heavy (non-hydrogen) atoms. The lowest BCUT2D eigenvalue weighted by Crippen LogP contribution is -2.48. The third-order valence-corrected chi connectivity index (χ3v) is 10.1. The lowest BCUT2D eigenvalue weighted by atomic mass is 10.1. The number of allylic oxidation sites excluding steroid dienone is 1. The van der Waals surface area contributed by atoms with Gasteiger partial charge in [0.05, 0.1) is 6.61 Å². The molecule has 156 valence electrons. The van der Waals surface area contributed by atoms with Crippen LogP contribution in [-0.2, 0) is 13.0 Å². The van der Waals surface area contributed by atoms with Crippen molar-refractivity contribution in [2.45, 2.75) is 111 Å². The van der Waals surface area contributed by atoms with Crippen molar-refractivity contribution in [1.82, 2.24) is 0 Å². The van der Waals surface area contributed by atoms with Crippen LogP contribution in [0.4, 0.5) is 0 Å². The van der Waals surface area contributed by atoms with Crippen molar-refractivity contribution in [3.8, 4) is 0 Å². The van der Waals surface area contributed by atoms with Gasteiger partial charge in [0.1, 0.15) is 0 Å². The van der Waals surface area contributed by atoms with Gasteiger partial charge in [-0.2, -0.15) is 0 Å². The maximum atomic E-state index is 6.30. The normalized spacial score (nSPS) is 13.0. The van der Waals surface area contributed by atoms with Crippen LogP contribution in [-0.4, -0.2) is 30.3 Å². The zero-order chi connectivity index (χ0) is 19.7. The Hall–Kier alpha value is 0.0538. The van der Waals surface area contributed by atoms with E-state index in [1.807, 2.05) is 0 Å². The van der Waals surface area contributed by atoms with Gasteiger partial charge in [0.2, 0.25) is 0 Å². The van der Waals surface area contributed by atoms with E-state index < -0.39 is 17.1 Å². The Balaban J connectivity index is 3.77. The van der Waals surface area contributed by atoms with Crippen molar-refractivity contribution in [3.63, 3.8) is 0 Å². The van der Waals surface area contributed by atoms with Crippen LogP contribution in [0.2, 0.25) is 26.2 Å². The molecule has 0 bridgehead atoms. The smallest absolute Gasteiger partial charge is 0.323 e. The summed E-state index contributed by atoms with van der Waals surface area (Å²) < 4.78 is 18.4. The standard InChI is InChI=1S/C21H46O3Si2/c1-7-9-11-12-13-14-15-16-17-19-21-23-26(5,6)24-25(3,4)22-20-18-10-8-2/h17,19H,7-16,18,20-21H2,1-6H3/b19-17+. The summed E-state index contributed by atoms with van der Waals surface area (Å²) >= 11 is 0. The molecule has 0 radical (unpaired) electrons. The molecule has 0 fully saturated rings. The first-order valence-corrected chi connectivity index (χ1v) is 16.6. The van der Waals surface area contributed by atoms with E-state index in [4.69, 9.17) is 13.0 Å². The highest BCUT2D eigenvalue weighted by Gasteiger charge is 2.36. The molecule has 0 saturated heterocycles. The summed E-state index contributed by atoms with van der Waals surface area (Å²) in [7, 11) is -4.19. The SMILES string of the molecule is CCCCCCCCC/C=C/CO[Si](C)(C)O[Si](C)(C)OCCCCC. The largest absolute Gasteiger partial charge is 0.415 e.